The Hall–Kier alpha value is -4.43. The zero-order valence-electron chi connectivity index (χ0n) is 21.9. The first-order valence-corrected chi connectivity index (χ1v) is 12.5. The van der Waals surface area contributed by atoms with E-state index >= 15 is 0 Å². The highest BCUT2D eigenvalue weighted by molar-refractivity contribution is 5.97. The van der Waals surface area contributed by atoms with E-state index in [0.29, 0.717) is 0 Å². The van der Waals surface area contributed by atoms with Crippen LogP contribution in [0.4, 0.5) is 11.4 Å². The summed E-state index contributed by atoms with van der Waals surface area (Å²) in [5.74, 6) is 0. The van der Waals surface area contributed by atoms with Crippen LogP contribution in [0.1, 0.15) is 41.7 Å². The van der Waals surface area contributed by atoms with E-state index in [1.165, 1.54) is 27.8 Å². The molecule has 0 atom stereocenters. The summed E-state index contributed by atoms with van der Waals surface area (Å²) in [7, 11) is 0. The van der Waals surface area contributed by atoms with Crippen molar-refractivity contribution in [2.24, 2.45) is 0 Å². The fraction of sp³-hybridized carbons (Fsp3) is 0.114. The molecule has 5 rings (SSSR count). The van der Waals surface area contributed by atoms with Crippen LogP contribution in [0.25, 0.3) is 35.6 Å². The molecule has 4 aromatic rings. The number of anilines is 2. The highest BCUT2D eigenvalue weighted by atomic mass is 15.2. The molecule has 0 N–H and O–H groups in total. The zero-order chi connectivity index (χ0) is 26.3. The van der Waals surface area contributed by atoms with Crippen LogP contribution in [0.5, 0.6) is 0 Å². The number of benzene rings is 3. The molecule has 0 saturated carbocycles. The molecular weight excluding hydrogens is 448 g/mol. The van der Waals surface area contributed by atoms with E-state index in [1.807, 2.05) is 48.7 Å². The van der Waals surface area contributed by atoms with Crippen LogP contribution < -0.4 is 15.3 Å². The standard InChI is InChI=1S/C35H32N2/c1-8-26-27(9-2)34-29-18-17-23(4)20-30(29)35(6,7)31(34)21-33(26)37(25-15-13-19-36-22-25)32(10-3)28-16-12-11-14-24(28)5/h8-22H,1-3,5H2,4,6-7H3/b32-28+. The largest absolute Gasteiger partial charge is 0.308 e. The van der Waals surface area contributed by atoms with E-state index < -0.39 is 0 Å². The number of aryl methyl sites for hydroxylation is 1. The van der Waals surface area contributed by atoms with E-state index in [0.717, 1.165) is 38.6 Å². The highest BCUT2D eigenvalue weighted by Gasteiger charge is 2.38. The average molecular weight is 481 g/mol. The average Bonchev–Trinajstić information content (AvgIpc) is 3.13. The first kappa shape index (κ1) is 24.3. The van der Waals surface area contributed by atoms with Gasteiger partial charge in [-0.05, 0) is 64.2 Å². The zero-order valence-corrected chi connectivity index (χ0v) is 21.9. The topological polar surface area (TPSA) is 16.1 Å². The fourth-order valence-electron chi connectivity index (χ4n) is 5.62. The van der Waals surface area contributed by atoms with Crippen LogP contribution in [0, 0.1) is 6.92 Å². The number of rotatable bonds is 6. The predicted octanol–water partition coefficient (Wildman–Crippen LogP) is 7.53. The molecular formula is C35H32N2. The molecule has 1 heterocycles. The Labute approximate surface area is 220 Å². The van der Waals surface area contributed by atoms with Gasteiger partial charge in [0.1, 0.15) is 0 Å². The summed E-state index contributed by atoms with van der Waals surface area (Å²) in [6, 6.07) is 21.2. The molecule has 0 spiro atoms. The fourth-order valence-corrected chi connectivity index (χ4v) is 5.62. The maximum atomic E-state index is 4.45. The Morgan fingerprint density at radius 1 is 0.892 bits per heavy atom. The Balaban J connectivity index is 1.94. The van der Waals surface area contributed by atoms with Gasteiger partial charge in [0.25, 0.3) is 0 Å². The number of pyridine rings is 1. The van der Waals surface area contributed by atoms with Gasteiger partial charge in [0, 0.05) is 22.4 Å². The summed E-state index contributed by atoms with van der Waals surface area (Å²) in [6.45, 7) is 23.8. The molecule has 0 radical (unpaired) electrons. The summed E-state index contributed by atoms with van der Waals surface area (Å²) in [5, 5.41) is 1.94. The van der Waals surface area contributed by atoms with E-state index in [4.69, 9.17) is 0 Å². The second-order valence-electron chi connectivity index (χ2n) is 10.0. The molecule has 0 bridgehead atoms. The predicted molar refractivity (Wildman–Crippen MR) is 160 cm³/mol. The molecule has 2 heteroatoms. The Kier molecular flexibility index (Phi) is 6.05. The molecule has 1 aromatic heterocycles. The van der Waals surface area contributed by atoms with Crippen molar-refractivity contribution in [2.45, 2.75) is 26.2 Å². The number of hydrogen-bond acceptors (Lipinski definition) is 2. The summed E-state index contributed by atoms with van der Waals surface area (Å²) in [5.41, 5.74) is 11.1. The van der Waals surface area contributed by atoms with E-state index in [9.17, 15) is 0 Å². The van der Waals surface area contributed by atoms with Crippen LogP contribution in [0.2, 0.25) is 0 Å². The molecule has 3 aromatic carbocycles. The van der Waals surface area contributed by atoms with Crippen molar-refractivity contribution in [1.29, 1.82) is 0 Å². The lowest BCUT2D eigenvalue weighted by Crippen LogP contribution is -2.31. The second-order valence-corrected chi connectivity index (χ2v) is 10.0. The van der Waals surface area contributed by atoms with Gasteiger partial charge in [-0.25, -0.2) is 0 Å². The van der Waals surface area contributed by atoms with Crippen molar-refractivity contribution in [3.63, 3.8) is 0 Å². The van der Waals surface area contributed by atoms with Crippen LogP contribution in [-0.4, -0.2) is 4.98 Å². The molecule has 0 fully saturated rings. The van der Waals surface area contributed by atoms with Gasteiger partial charge in [0.05, 0.1) is 23.3 Å². The van der Waals surface area contributed by atoms with Gasteiger partial charge in [-0.1, -0.05) is 100 Å². The Bertz CT molecular complexity index is 1670. The van der Waals surface area contributed by atoms with Crippen molar-refractivity contribution < 1.29 is 0 Å². The van der Waals surface area contributed by atoms with Gasteiger partial charge in [-0.15, -0.1) is 0 Å². The molecule has 0 amide bonds. The molecule has 1 aliphatic rings. The minimum Gasteiger partial charge on any atom is -0.308 e. The normalized spacial score (nSPS) is 13.8. The molecule has 0 aliphatic heterocycles. The first-order valence-electron chi connectivity index (χ1n) is 12.5. The van der Waals surface area contributed by atoms with Crippen molar-refractivity contribution >= 4 is 35.8 Å². The Morgan fingerprint density at radius 2 is 1.65 bits per heavy atom. The number of hydrogen-bond donors (Lipinski definition) is 0. The van der Waals surface area contributed by atoms with Gasteiger partial charge < -0.3 is 4.90 Å². The van der Waals surface area contributed by atoms with Gasteiger partial charge in [0.15, 0.2) is 0 Å². The first-order chi connectivity index (χ1) is 17.8. The van der Waals surface area contributed by atoms with Crippen molar-refractivity contribution in [3.05, 3.63) is 137 Å². The monoisotopic (exact) mass is 480 g/mol. The second kappa shape index (κ2) is 9.22. The maximum Gasteiger partial charge on any atom is 0.0645 e. The van der Waals surface area contributed by atoms with Crippen molar-refractivity contribution in [1.82, 2.24) is 4.98 Å². The number of fused-ring (bicyclic) bond motifs is 3. The van der Waals surface area contributed by atoms with Gasteiger partial charge in [0.2, 0.25) is 0 Å². The minimum absolute atomic E-state index is 0.179. The lowest BCUT2D eigenvalue weighted by atomic mass is 9.80. The highest BCUT2D eigenvalue weighted by Crippen LogP contribution is 2.54. The SMILES string of the molecule is C=C/C(=c1/ccccc1=C)N(c1cccnc1)c1cc2c(c(C=C)c1C=C)-c1ccc(C)cc1C2(C)C. The quantitative estimate of drug-likeness (QED) is 0.284. The third-order valence-corrected chi connectivity index (χ3v) is 7.46. The molecule has 1 aliphatic carbocycles. The number of aromatic nitrogens is 1. The van der Waals surface area contributed by atoms with Gasteiger partial charge >= 0.3 is 0 Å². The third kappa shape index (κ3) is 3.77. The molecule has 182 valence electrons. The maximum absolute atomic E-state index is 4.45. The van der Waals surface area contributed by atoms with Crippen LogP contribution in [-0.2, 0) is 5.41 Å². The number of nitrogens with zero attached hydrogens (tertiary/aromatic N) is 2. The van der Waals surface area contributed by atoms with Gasteiger partial charge in [-0.3, -0.25) is 4.98 Å². The van der Waals surface area contributed by atoms with E-state index in [2.05, 4.69) is 93.4 Å². The van der Waals surface area contributed by atoms with Gasteiger partial charge in [-0.2, -0.15) is 0 Å². The smallest absolute Gasteiger partial charge is 0.0645 e. The summed E-state index contributed by atoms with van der Waals surface area (Å²) in [6.07, 6.45) is 9.47. The van der Waals surface area contributed by atoms with Crippen molar-refractivity contribution in [3.8, 4) is 11.1 Å². The molecule has 0 saturated heterocycles. The molecule has 37 heavy (non-hydrogen) atoms. The Morgan fingerprint density at radius 3 is 2.30 bits per heavy atom. The van der Waals surface area contributed by atoms with Crippen LogP contribution >= 0.6 is 0 Å². The van der Waals surface area contributed by atoms with E-state index in [-0.39, 0.29) is 5.41 Å². The molecule has 2 nitrogen and oxygen atoms in total. The van der Waals surface area contributed by atoms with E-state index in [1.54, 1.807) is 6.20 Å². The molecule has 0 unspecified atom stereocenters. The third-order valence-electron chi connectivity index (χ3n) is 7.46. The summed E-state index contributed by atoms with van der Waals surface area (Å²) in [4.78, 5) is 6.68. The van der Waals surface area contributed by atoms with Crippen LogP contribution in [0.15, 0.2) is 98.9 Å². The summed E-state index contributed by atoms with van der Waals surface area (Å²) >= 11 is 0. The van der Waals surface area contributed by atoms with Crippen LogP contribution in [0.3, 0.4) is 0 Å². The lowest BCUT2D eigenvalue weighted by Gasteiger charge is -2.31. The van der Waals surface area contributed by atoms with Crippen molar-refractivity contribution in [2.75, 3.05) is 4.90 Å². The lowest BCUT2D eigenvalue weighted by molar-refractivity contribution is 0.659. The summed E-state index contributed by atoms with van der Waals surface area (Å²) < 4.78 is 0. The minimum atomic E-state index is -0.179.